The van der Waals surface area contributed by atoms with Crippen molar-refractivity contribution in [2.45, 2.75) is 18.9 Å². The van der Waals surface area contributed by atoms with E-state index >= 15 is 0 Å². The molecule has 1 saturated heterocycles. The third-order valence-electron chi connectivity index (χ3n) is 5.07. The molecule has 5 nitrogen and oxygen atoms in total. The molecule has 4 rings (SSSR count). The second-order valence-electron chi connectivity index (χ2n) is 6.74. The van der Waals surface area contributed by atoms with E-state index in [-0.39, 0.29) is 0 Å². The molecule has 1 atom stereocenters. The smallest absolute Gasteiger partial charge is 0.335 e. The molecule has 128 valence electrons. The summed E-state index contributed by atoms with van der Waals surface area (Å²) in [7, 11) is 2.10. The van der Waals surface area contributed by atoms with E-state index in [1.54, 1.807) is 12.1 Å². The van der Waals surface area contributed by atoms with Crippen LogP contribution in [0.5, 0.6) is 0 Å². The van der Waals surface area contributed by atoms with Gasteiger partial charge in [0.2, 0.25) is 0 Å². The van der Waals surface area contributed by atoms with Gasteiger partial charge in [-0.2, -0.15) is 0 Å². The van der Waals surface area contributed by atoms with Gasteiger partial charge < -0.3 is 9.67 Å². The van der Waals surface area contributed by atoms with E-state index in [0.717, 1.165) is 43.0 Å². The van der Waals surface area contributed by atoms with Gasteiger partial charge in [0, 0.05) is 26.1 Å². The lowest BCUT2D eigenvalue weighted by molar-refractivity contribution is 0.0697. The quantitative estimate of drug-likeness (QED) is 0.795. The molecule has 1 aliphatic rings. The molecule has 1 N–H and O–H groups in total. The summed E-state index contributed by atoms with van der Waals surface area (Å²) >= 11 is 0. The highest BCUT2D eigenvalue weighted by molar-refractivity contribution is 5.87. The maximum atomic E-state index is 10.9. The highest BCUT2D eigenvalue weighted by Crippen LogP contribution is 2.29. The first-order valence-electron chi connectivity index (χ1n) is 8.58. The second-order valence-corrected chi connectivity index (χ2v) is 6.74. The molecule has 1 aromatic heterocycles. The molecule has 0 radical (unpaired) electrons. The number of carboxylic acid groups (broad SMARTS) is 1. The summed E-state index contributed by atoms with van der Waals surface area (Å²) in [5, 5.41) is 8.99. The number of likely N-dealkylation sites (tertiary alicyclic amines) is 1. The van der Waals surface area contributed by atoms with Gasteiger partial charge in [0.15, 0.2) is 0 Å². The van der Waals surface area contributed by atoms with E-state index in [0.29, 0.717) is 11.5 Å². The zero-order chi connectivity index (χ0) is 17.4. The Morgan fingerprint density at radius 2 is 1.96 bits per heavy atom. The van der Waals surface area contributed by atoms with Gasteiger partial charge in [-0.15, -0.1) is 0 Å². The number of imidazole rings is 1. The fourth-order valence-corrected chi connectivity index (χ4v) is 3.73. The van der Waals surface area contributed by atoms with E-state index < -0.39 is 5.97 Å². The largest absolute Gasteiger partial charge is 0.478 e. The summed E-state index contributed by atoms with van der Waals surface area (Å²) < 4.78 is 2.21. The number of carbonyl (C=O) groups is 1. The molecular formula is C20H21N3O2. The molecule has 3 aromatic rings. The van der Waals surface area contributed by atoms with Gasteiger partial charge in [-0.25, -0.2) is 9.78 Å². The van der Waals surface area contributed by atoms with E-state index in [4.69, 9.17) is 10.1 Å². The van der Waals surface area contributed by atoms with Crippen LogP contribution in [-0.4, -0.2) is 38.6 Å². The molecule has 0 spiro atoms. The lowest BCUT2D eigenvalue weighted by atomic mass is 10.1. The number of aromatic carboxylic acids is 1. The molecule has 0 unspecified atom stereocenters. The molecular weight excluding hydrogens is 314 g/mol. The standard InChI is InChI=1S/C20H21N3O2/c1-22-18-5-3-2-4-17(18)21-19(22)16-10-11-23(13-16)12-14-6-8-15(9-7-14)20(24)25/h2-9,16H,10-13H2,1H3,(H,24,25)/t16-/m0/s1. The van der Waals surface area contributed by atoms with Crippen LogP contribution in [0, 0.1) is 0 Å². The fourth-order valence-electron chi connectivity index (χ4n) is 3.73. The molecule has 0 saturated carbocycles. The van der Waals surface area contributed by atoms with Crippen LogP contribution in [0.2, 0.25) is 0 Å². The number of hydrogen-bond acceptors (Lipinski definition) is 3. The van der Waals surface area contributed by atoms with Crippen LogP contribution in [0.25, 0.3) is 11.0 Å². The van der Waals surface area contributed by atoms with Gasteiger partial charge in [-0.1, -0.05) is 24.3 Å². The van der Waals surface area contributed by atoms with Crippen LogP contribution >= 0.6 is 0 Å². The zero-order valence-corrected chi connectivity index (χ0v) is 14.2. The molecule has 0 amide bonds. The zero-order valence-electron chi connectivity index (χ0n) is 14.2. The number of hydrogen-bond donors (Lipinski definition) is 1. The lowest BCUT2D eigenvalue weighted by Crippen LogP contribution is -2.20. The normalized spacial score (nSPS) is 18.0. The summed E-state index contributed by atoms with van der Waals surface area (Å²) in [6.45, 7) is 2.87. The number of aryl methyl sites for hydroxylation is 1. The number of aromatic nitrogens is 2. The van der Waals surface area contributed by atoms with E-state index in [1.165, 1.54) is 5.52 Å². The van der Waals surface area contributed by atoms with Crippen molar-refractivity contribution in [1.82, 2.24) is 14.5 Å². The van der Waals surface area contributed by atoms with Crippen molar-refractivity contribution in [3.8, 4) is 0 Å². The maximum Gasteiger partial charge on any atom is 0.335 e. The first-order valence-corrected chi connectivity index (χ1v) is 8.58. The van der Waals surface area contributed by atoms with Gasteiger partial charge in [-0.05, 0) is 42.8 Å². The molecule has 5 heteroatoms. The predicted molar refractivity (Wildman–Crippen MR) is 96.8 cm³/mol. The summed E-state index contributed by atoms with van der Waals surface area (Å²) in [5.41, 5.74) is 3.72. The van der Waals surface area contributed by atoms with Crippen molar-refractivity contribution < 1.29 is 9.90 Å². The van der Waals surface area contributed by atoms with Crippen LogP contribution < -0.4 is 0 Å². The number of rotatable bonds is 4. The van der Waals surface area contributed by atoms with Gasteiger partial charge in [0.05, 0.1) is 16.6 Å². The first kappa shape index (κ1) is 15.8. The molecule has 25 heavy (non-hydrogen) atoms. The summed E-state index contributed by atoms with van der Waals surface area (Å²) in [4.78, 5) is 18.2. The van der Waals surface area contributed by atoms with Crippen molar-refractivity contribution in [3.63, 3.8) is 0 Å². The Balaban J connectivity index is 1.47. The minimum atomic E-state index is -0.880. The van der Waals surface area contributed by atoms with Crippen LogP contribution in [-0.2, 0) is 13.6 Å². The average molecular weight is 335 g/mol. The van der Waals surface area contributed by atoms with Crippen molar-refractivity contribution in [3.05, 3.63) is 65.5 Å². The summed E-state index contributed by atoms with van der Waals surface area (Å²) in [6.07, 6.45) is 1.10. The Labute approximate surface area is 146 Å². The minimum absolute atomic E-state index is 0.336. The number of nitrogens with zero attached hydrogens (tertiary/aromatic N) is 3. The number of benzene rings is 2. The van der Waals surface area contributed by atoms with Crippen LogP contribution in [0.3, 0.4) is 0 Å². The Morgan fingerprint density at radius 3 is 2.68 bits per heavy atom. The third-order valence-corrected chi connectivity index (χ3v) is 5.07. The molecule has 1 fully saturated rings. The lowest BCUT2D eigenvalue weighted by Gasteiger charge is -2.16. The summed E-state index contributed by atoms with van der Waals surface area (Å²) in [5.74, 6) is 0.718. The Bertz CT molecular complexity index is 914. The second kappa shape index (κ2) is 6.33. The first-order chi connectivity index (χ1) is 12.1. The van der Waals surface area contributed by atoms with Gasteiger partial charge in [0.1, 0.15) is 5.82 Å². The monoisotopic (exact) mass is 335 g/mol. The van der Waals surface area contributed by atoms with E-state index in [9.17, 15) is 4.79 Å². The van der Waals surface area contributed by atoms with Gasteiger partial charge in [-0.3, -0.25) is 4.90 Å². The van der Waals surface area contributed by atoms with Gasteiger partial charge >= 0.3 is 5.97 Å². The van der Waals surface area contributed by atoms with E-state index in [1.807, 2.05) is 18.2 Å². The highest BCUT2D eigenvalue weighted by Gasteiger charge is 2.27. The Kier molecular flexibility index (Phi) is 4.01. The number of carboxylic acids is 1. The molecule has 1 aliphatic heterocycles. The average Bonchev–Trinajstić information content (AvgIpc) is 3.20. The topological polar surface area (TPSA) is 58.4 Å². The van der Waals surface area contributed by atoms with Crippen molar-refractivity contribution in [1.29, 1.82) is 0 Å². The molecule has 0 bridgehead atoms. The minimum Gasteiger partial charge on any atom is -0.478 e. The van der Waals surface area contributed by atoms with Crippen LogP contribution in [0.1, 0.15) is 34.1 Å². The maximum absolute atomic E-state index is 10.9. The summed E-state index contributed by atoms with van der Waals surface area (Å²) in [6, 6.07) is 15.4. The molecule has 0 aliphatic carbocycles. The van der Waals surface area contributed by atoms with Crippen LogP contribution in [0.4, 0.5) is 0 Å². The van der Waals surface area contributed by atoms with Crippen molar-refractivity contribution in [2.75, 3.05) is 13.1 Å². The van der Waals surface area contributed by atoms with Crippen molar-refractivity contribution >= 4 is 17.0 Å². The Hall–Kier alpha value is -2.66. The highest BCUT2D eigenvalue weighted by atomic mass is 16.4. The van der Waals surface area contributed by atoms with E-state index in [2.05, 4.69) is 34.7 Å². The molecule has 2 heterocycles. The van der Waals surface area contributed by atoms with Gasteiger partial charge in [0.25, 0.3) is 0 Å². The number of para-hydroxylation sites is 2. The molecule has 2 aromatic carbocycles. The van der Waals surface area contributed by atoms with Crippen molar-refractivity contribution in [2.24, 2.45) is 7.05 Å². The Morgan fingerprint density at radius 1 is 1.20 bits per heavy atom. The third kappa shape index (κ3) is 3.03. The number of fused-ring (bicyclic) bond motifs is 1. The predicted octanol–water partition coefficient (Wildman–Crippen LogP) is 3.26. The van der Waals surface area contributed by atoms with Crippen LogP contribution in [0.15, 0.2) is 48.5 Å². The SMILES string of the molecule is Cn1c([C@H]2CCN(Cc3ccc(C(=O)O)cc3)C2)nc2ccccc21. The fraction of sp³-hybridized carbons (Fsp3) is 0.300.